The quantitative estimate of drug-likeness (QED) is 0.409. The van der Waals surface area contributed by atoms with E-state index in [1.807, 2.05) is 0 Å². The first-order valence-corrected chi connectivity index (χ1v) is 6.06. The van der Waals surface area contributed by atoms with E-state index in [0.29, 0.717) is 0 Å². The zero-order chi connectivity index (χ0) is 10.5. The van der Waals surface area contributed by atoms with Crippen molar-refractivity contribution >= 4 is 6.29 Å². The van der Waals surface area contributed by atoms with E-state index in [1.165, 1.54) is 45.1 Å². The highest BCUT2D eigenvalue weighted by molar-refractivity contribution is 5.48. The predicted octanol–water partition coefficient (Wildman–Crippen LogP) is 2.92. The van der Waals surface area contributed by atoms with Crippen molar-refractivity contribution in [2.75, 3.05) is 13.1 Å². The van der Waals surface area contributed by atoms with Crippen LogP contribution in [0.3, 0.4) is 0 Å². The maximum absolute atomic E-state index is 10.0. The third-order valence-corrected chi connectivity index (χ3v) is 2.43. The van der Waals surface area contributed by atoms with Crippen molar-refractivity contribution in [2.45, 2.75) is 58.3 Å². The van der Waals surface area contributed by atoms with Gasteiger partial charge in [-0.05, 0) is 25.9 Å². The molecule has 0 fully saturated rings. The van der Waals surface area contributed by atoms with Gasteiger partial charge in [0.25, 0.3) is 0 Å². The highest BCUT2D eigenvalue weighted by Gasteiger charge is 1.91. The molecule has 0 aliphatic carbocycles. The fraction of sp³-hybridized carbons (Fsp3) is 0.917. The molecule has 14 heavy (non-hydrogen) atoms. The van der Waals surface area contributed by atoms with Gasteiger partial charge in [0.1, 0.15) is 6.29 Å². The van der Waals surface area contributed by atoms with Crippen LogP contribution in [0.4, 0.5) is 0 Å². The van der Waals surface area contributed by atoms with Crippen molar-refractivity contribution < 1.29 is 4.79 Å². The Morgan fingerprint density at radius 1 is 0.929 bits per heavy atom. The van der Waals surface area contributed by atoms with Gasteiger partial charge in [-0.25, -0.2) is 0 Å². The summed E-state index contributed by atoms with van der Waals surface area (Å²) in [7, 11) is 0. The molecule has 0 radical (unpaired) electrons. The fourth-order valence-electron chi connectivity index (χ4n) is 1.54. The normalized spacial score (nSPS) is 10.4. The predicted molar refractivity (Wildman–Crippen MR) is 61.5 cm³/mol. The van der Waals surface area contributed by atoms with Crippen molar-refractivity contribution in [2.24, 2.45) is 0 Å². The van der Waals surface area contributed by atoms with Crippen LogP contribution in [0.5, 0.6) is 0 Å². The van der Waals surface area contributed by atoms with E-state index in [9.17, 15) is 4.79 Å². The van der Waals surface area contributed by atoms with Crippen molar-refractivity contribution in [3.63, 3.8) is 0 Å². The molecule has 0 saturated heterocycles. The van der Waals surface area contributed by atoms with Crippen LogP contribution < -0.4 is 5.32 Å². The Kier molecular flexibility index (Phi) is 12.3. The minimum Gasteiger partial charge on any atom is -0.317 e. The number of aldehydes is 1. The summed E-state index contributed by atoms with van der Waals surface area (Å²) in [5.74, 6) is 0. The standard InChI is InChI=1S/C12H25NO/c1-2-13-11-9-7-5-3-4-6-8-10-12-14/h12-13H,2-11H2,1H3. The van der Waals surface area contributed by atoms with E-state index in [2.05, 4.69) is 12.2 Å². The van der Waals surface area contributed by atoms with Gasteiger partial charge in [0.2, 0.25) is 0 Å². The highest BCUT2D eigenvalue weighted by atomic mass is 16.1. The summed E-state index contributed by atoms with van der Waals surface area (Å²) >= 11 is 0. The molecule has 0 bridgehead atoms. The number of unbranched alkanes of at least 4 members (excludes halogenated alkanes) is 7. The molecule has 0 atom stereocenters. The average Bonchev–Trinajstić information content (AvgIpc) is 2.21. The molecule has 0 aliphatic rings. The van der Waals surface area contributed by atoms with Crippen LogP contribution in [-0.4, -0.2) is 19.4 Å². The van der Waals surface area contributed by atoms with Crippen molar-refractivity contribution in [1.82, 2.24) is 5.32 Å². The van der Waals surface area contributed by atoms with Gasteiger partial charge in [-0.1, -0.05) is 39.0 Å². The van der Waals surface area contributed by atoms with Gasteiger partial charge >= 0.3 is 0 Å². The molecule has 0 aromatic carbocycles. The second kappa shape index (κ2) is 12.6. The van der Waals surface area contributed by atoms with E-state index in [4.69, 9.17) is 0 Å². The number of hydrogen-bond acceptors (Lipinski definition) is 2. The van der Waals surface area contributed by atoms with Gasteiger partial charge in [-0.2, -0.15) is 0 Å². The summed E-state index contributed by atoms with van der Waals surface area (Å²) in [4.78, 5) is 10.0. The van der Waals surface area contributed by atoms with Crippen LogP contribution in [0.25, 0.3) is 0 Å². The minimum absolute atomic E-state index is 0.750. The van der Waals surface area contributed by atoms with E-state index in [1.54, 1.807) is 0 Å². The smallest absolute Gasteiger partial charge is 0.119 e. The Hall–Kier alpha value is -0.370. The minimum atomic E-state index is 0.750. The topological polar surface area (TPSA) is 29.1 Å². The Morgan fingerprint density at radius 3 is 2.07 bits per heavy atom. The number of carbonyl (C=O) groups excluding carboxylic acids is 1. The van der Waals surface area contributed by atoms with Crippen molar-refractivity contribution in [1.29, 1.82) is 0 Å². The summed E-state index contributed by atoms with van der Waals surface area (Å²) in [6.07, 6.45) is 10.7. The molecular formula is C12H25NO. The fourth-order valence-corrected chi connectivity index (χ4v) is 1.54. The van der Waals surface area contributed by atoms with Crippen LogP contribution in [0, 0.1) is 0 Å². The first-order valence-electron chi connectivity index (χ1n) is 6.06. The molecule has 0 spiro atoms. The second-order valence-electron chi connectivity index (χ2n) is 3.78. The third kappa shape index (κ3) is 11.6. The number of nitrogens with one attached hydrogen (secondary N) is 1. The summed E-state index contributed by atoms with van der Waals surface area (Å²) < 4.78 is 0. The summed E-state index contributed by atoms with van der Waals surface area (Å²) in [5.41, 5.74) is 0. The van der Waals surface area contributed by atoms with E-state index < -0.39 is 0 Å². The van der Waals surface area contributed by atoms with Crippen LogP contribution in [0.2, 0.25) is 0 Å². The lowest BCUT2D eigenvalue weighted by Gasteiger charge is -2.01. The molecule has 0 aromatic rings. The van der Waals surface area contributed by atoms with Gasteiger partial charge in [0.05, 0.1) is 0 Å². The van der Waals surface area contributed by atoms with E-state index >= 15 is 0 Å². The molecule has 0 saturated carbocycles. The van der Waals surface area contributed by atoms with Gasteiger partial charge < -0.3 is 10.1 Å². The zero-order valence-corrected chi connectivity index (χ0v) is 9.56. The molecule has 0 aliphatic heterocycles. The number of hydrogen-bond donors (Lipinski definition) is 1. The summed E-state index contributed by atoms with van der Waals surface area (Å²) in [6, 6.07) is 0. The summed E-state index contributed by atoms with van der Waals surface area (Å²) in [5, 5.41) is 3.33. The van der Waals surface area contributed by atoms with Gasteiger partial charge in [-0.15, -0.1) is 0 Å². The van der Waals surface area contributed by atoms with E-state index in [-0.39, 0.29) is 0 Å². The molecule has 0 aromatic heterocycles. The van der Waals surface area contributed by atoms with Crippen LogP contribution in [0.15, 0.2) is 0 Å². The summed E-state index contributed by atoms with van der Waals surface area (Å²) in [6.45, 7) is 4.40. The first kappa shape index (κ1) is 13.6. The van der Waals surface area contributed by atoms with Gasteiger partial charge in [0, 0.05) is 6.42 Å². The monoisotopic (exact) mass is 199 g/mol. The third-order valence-electron chi connectivity index (χ3n) is 2.43. The Balaban J connectivity index is 2.81. The Bertz CT molecular complexity index is 115. The lowest BCUT2D eigenvalue weighted by Crippen LogP contribution is -2.13. The maximum atomic E-state index is 10.0. The van der Waals surface area contributed by atoms with Crippen LogP contribution in [0.1, 0.15) is 58.3 Å². The van der Waals surface area contributed by atoms with Crippen LogP contribution in [-0.2, 0) is 4.79 Å². The number of rotatable bonds is 11. The zero-order valence-electron chi connectivity index (χ0n) is 9.56. The molecule has 1 N–H and O–H groups in total. The molecule has 84 valence electrons. The molecule has 0 unspecified atom stereocenters. The first-order chi connectivity index (χ1) is 6.91. The molecule has 2 heteroatoms. The molecular weight excluding hydrogens is 174 g/mol. The van der Waals surface area contributed by atoms with E-state index in [0.717, 1.165) is 25.7 Å². The van der Waals surface area contributed by atoms with Crippen LogP contribution >= 0.6 is 0 Å². The highest BCUT2D eigenvalue weighted by Crippen LogP contribution is 2.07. The second-order valence-corrected chi connectivity index (χ2v) is 3.78. The molecule has 0 heterocycles. The van der Waals surface area contributed by atoms with Gasteiger partial charge in [0.15, 0.2) is 0 Å². The van der Waals surface area contributed by atoms with Crippen molar-refractivity contribution in [3.05, 3.63) is 0 Å². The molecule has 0 amide bonds. The van der Waals surface area contributed by atoms with Crippen molar-refractivity contribution in [3.8, 4) is 0 Å². The average molecular weight is 199 g/mol. The largest absolute Gasteiger partial charge is 0.317 e. The molecule has 0 rings (SSSR count). The Labute approximate surface area is 88.5 Å². The Morgan fingerprint density at radius 2 is 1.50 bits per heavy atom. The van der Waals surface area contributed by atoms with Gasteiger partial charge in [-0.3, -0.25) is 0 Å². The molecule has 2 nitrogen and oxygen atoms in total. The maximum Gasteiger partial charge on any atom is 0.119 e. The SMILES string of the molecule is CCNCCCCCCCCCC=O. The lowest BCUT2D eigenvalue weighted by atomic mass is 10.1. The number of carbonyl (C=O) groups is 1. The lowest BCUT2D eigenvalue weighted by molar-refractivity contribution is -0.107.